The van der Waals surface area contributed by atoms with E-state index in [0.717, 1.165) is 27.7 Å². The number of benzene rings is 2. The highest BCUT2D eigenvalue weighted by molar-refractivity contribution is 7.98. The average molecular weight is 409 g/mol. The van der Waals surface area contributed by atoms with Crippen LogP contribution < -0.4 is 5.43 Å². The molecule has 0 radical (unpaired) electrons. The van der Waals surface area contributed by atoms with Gasteiger partial charge in [0, 0.05) is 22.7 Å². The molecule has 1 amide bonds. The molecular formula is C22H21FN4OS. The molecule has 3 rings (SSSR count). The van der Waals surface area contributed by atoms with Crippen LogP contribution in [-0.2, 0) is 5.75 Å². The van der Waals surface area contributed by atoms with E-state index in [1.807, 2.05) is 32.0 Å². The second-order valence-corrected chi connectivity index (χ2v) is 7.51. The molecule has 1 heterocycles. The maximum Gasteiger partial charge on any atom is 0.271 e. The number of carbonyl (C=O) groups is 1. The summed E-state index contributed by atoms with van der Waals surface area (Å²) >= 11 is 1.56. The molecule has 0 atom stereocenters. The van der Waals surface area contributed by atoms with E-state index in [1.54, 1.807) is 43.0 Å². The Balaban J connectivity index is 1.58. The highest BCUT2D eigenvalue weighted by atomic mass is 32.2. The number of nitrogens with one attached hydrogen (secondary N) is 1. The maximum atomic E-state index is 13.0. The van der Waals surface area contributed by atoms with Crippen LogP contribution in [0.25, 0.3) is 0 Å². The van der Waals surface area contributed by atoms with Crippen LogP contribution in [0.3, 0.4) is 0 Å². The van der Waals surface area contributed by atoms with E-state index in [4.69, 9.17) is 0 Å². The van der Waals surface area contributed by atoms with Gasteiger partial charge in [-0.3, -0.25) is 4.79 Å². The van der Waals surface area contributed by atoms with Gasteiger partial charge in [0.05, 0.1) is 5.71 Å². The molecule has 0 aliphatic heterocycles. The highest BCUT2D eigenvalue weighted by Gasteiger charge is 2.07. The summed E-state index contributed by atoms with van der Waals surface area (Å²) in [5.41, 5.74) is 7.35. The summed E-state index contributed by atoms with van der Waals surface area (Å²) in [7, 11) is 0. The molecule has 0 spiro atoms. The van der Waals surface area contributed by atoms with Gasteiger partial charge >= 0.3 is 0 Å². The van der Waals surface area contributed by atoms with Gasteiger partial charge in [-0.2, -0.15) is 5.10 Å². The first kappa shape index (κ1) is 20.7. The van der Waals surface area contributed by atoms with Gasteiger partial charge in [0.2, 0.25) is 0 Å². The second kappa shape index (κ2) is 9.43. The van der Waals surface area contributed by atoms with Crippen LogP contribution in [0.1, 0.15) is 39.8 Å². The summed E-state index contributed by atoms with van der Waals surface area (Å²) < 4.78 is 13.0. The first-order chi connectivity index (χ1) is 13.9. The zero-order valence-corrected chi connectivity index (χ0v) is 17.3. The van der Waals surface area contributed by atoms with Crippen molar-refractivity contribution in [2.24, 2.45) is 5.10 Å². The van der Waals surface area contributed by atoms with Gasteiger partial charge in [-0.25, -0.2) is 19.8 Å². The Hall–Kier alpha value is -3.06. The van der Waals surface area contributed by atoms with Crippen molar-refractivity contribution < 1.29 is 9.18 Å². The lowest BCUT2D eigenvalue weighted by molar-refractivity contribution is 0.0955. The minimum Gasteiger partial charge on any atom is -0.267 e. The Labute approximate surface area is 173 Å². The van der Waals surface area contributed by atoms with Crippen LogP contribution in [0.4, 0.5) is 4.39 Å². The molecule has 0 fully saturated rings. The number of halogens is 1. The Bertz CT molecular complexity index is 1010. The largest absolute Gasteiger partial charge is 0.271 e. The van der Waals surface area contributed by atoms with E-state index in [-0.39, 0.29) is 11.7 Å². The smallest absolute Gasteiger partial charge is 0.267 e. The third-order valence-electron chi connectivity index (χ3n) is 4.13. The third kappa shape index (κ3) is 5.96. The zero-order chi connectivity index (χ0) is 20.8. The number of rotatable bonds is 6. The van der Waals surface area contributed by atoms with Crippen molar-refractivity contribution in [3.8, 4) is 0 Å². The number of hydrazone groups is 1. The fourth-order valence-corrected chi connectivity index (χ4v) is 3.52. The predicted octanol–water partition coefficient (Wildman–Crippen LogP) is 4.68. The number of amides is 1. The van der Waals surface area contributed by atoms with E-state index < -0.39 is 0 Å². The van der Waals surface area contributed by atoms with Gasteiger partial charge in [0.25, 0.3) is 5.91 Å². The number of hydrogen-bond donors (Lipinski definition) is 1. The van der Waals surface area contributed by atoms with Crippen molar-refractivity contribution >= 4 is 23.4 Å². The van der Waals surface area contributed by atoms with Gasteiger partial charge < -0.3 is 0 Å². The lowest BCUT2D eigenvalue weighted by atomic mass is 10.1. The van der Waals surface area contributed by atoms with E-state index in [0.29, 0.717) is 17.0 Å². The molecule has 0 saturated heterocycles. The molecule has 3 aromatic rings. The van der Waals surface area contributed by atoms with Gasteiger partial charge in [-0.15, -0.1) is 0 Å². The predicted molar refractivity (Wildman–Crippen MR) is 114 cm³/mol. The van der Waals surface area contributed by atoms with Crippen LogP contribution in [0.2, 0.25) is 0 Å². The maximum absolute atomic E-state index is 13.0. The topological polar surface area (TPSA) is 67.2 Å². The van der Waals surface area contributed by atoms with Crippen molar-refractivity contribution in [2.75, 3.05) is 0 Å². The van der Waals surface area contributed by atoms with Crippen molar-refractivity contribution in [1.82, 2.24) is 15.4 Å². The molecule has 0 unspecified atom stereocenters. The van der Waals surface area contributed by atoms with Crippen molar-refractivity contribution in [1.29, 1.82) is 0 Å². The van der Waals surface area contributed by atoms with Crippen LogP contribution in [-0.4, -0.2) is 21.6 Å². The van der Waals surface area contributed by atoms with E-state index >= 15 is 0 Å². The summed E-state index contributed by atoms with van der Waals surface area (Å²) in [5.74, 6) is 0.100. The Morgan fingerprint density at radius 3 is 2.21 bits per heavy atom. The molecule has 2 aromatic carbocycles. The lowest BCUT2D eigenvalue weighted by Crippen LogP contribution is -2.19. The molecular weight excluding hydrogens is 387 g/mol. The van der Waals surface area contributed by atoms with Crippen molar-refractivity contribution in [3.05, 3.63) is 88.5 Å². The molecule has 1 N–H and O–H groups in total. The molecule has 148 valence electrons. The van der Waals surface area contributed by atoms with Gasteiger partial charge in [0.15, 0.2) is 5.16 Å². The molecule has 0 aliphatic rings. The number of carbonyl (C=O) groups excluding carboxylic acids is 1. The fraction of sp³-hybridized carbons (Fsp3) is 0.182. The van der Waals surface area contributed by atoms with Gasteiger partial charge in [-0.05, 0) is 62.2 Å². The van der Waals surface area contributed by atoms with E-state index in [1.165, 1.54) is 12.1 Å². The summed E-state index contributed by atoms with van der Waals surface area (Å²) in [6.45, 7) is 5.65. The summed E-state index contributed by atoms with van der Waals surface area (Å²) in [4.78, 5) is 21.1. The molecule has 29 heavy (non-hydrogen) atoms. The molecule has 1 aromatic heterocycles. The standard InChI is InChI=1S/C22H21FN4OS/c1-14-12-15(2)25-22(24-14)29-13-17-4-6-19(7-5-17)21(28)27-26-16(3)18-8-10-20(23)11-9-18/h4-12H,13H2,1-3H3,(H,27,28)/b26-16+. The monoisotopic (exact) mass is 408 g/mol. The first-order valence-corrected chi connectivity index (χ1v) is 10.0. The number of thioether (sulfide) groups is 1. The average Bonchev–Trinajstić information content (AvgIpc) is 2.70. The zero-order valence-electron chi connectivity index (χ0n) is 16.4. The molecule has 0 bridgehead atoms. The second-order valence-electron chi connectivity index (χ2n) is 6.56. The lowest BCUT2D eigenvalue weighted by Gasteiger charge is -2.05. The number of aryl methyl sites for hydroxylation is 2. The fourth-order valence-electron chi connectivity index (χ4n) is 2.61. The Morgan fingerprint density at radius 2 is 1.59 bits per heavy atom. The van der Waals surface area contributed by atoms with Crippen LogP contribution in [0.5, 0.6) is 0 Å². The van der Waals surface area contributed by atoms with Gasteiger partial charge in [-0.1, -0.05) is 36.0 Å². The first-order valence-electron chi connectivity index (χ1n) is 9.05. The minimum atomic E-state index is -0.312. The summed E-state index contributed by atoms with van der Waals surface area (Å²) in [6, 6.07) is 15.2. The number of nitrogens with zero attached hydrogens (tertiary/aromatic N) is 3. The molecule has 7 heteroatoms. The molecule has 0 saturated carbocycles. The third-order valence-corrected chi connectivity index (χ3v) is 5.05. The Kier molecular flexibility index (Phi) is 6.72. The van der Waals surface area contributed by atoms with Gasteiger partial charge in [0.1, 0.15) is 5.82 Å². The number of hydrogen-bond acceptors (Lipinski definition) is 5. The quantitative estimate of drug-likeness (QED) is 0.278. The molecule has 5 nitrogen and oxygen atoms in total. The van der Waals surface area contributed by atoms with Crippen LogP contribution >= 0.6 is 11.8 Å². The Morgan fingerprint density at radius 1 is 1.00 bits per heavy atom. The van der Waals surface area contributed by atoms with Crippen LogP contribution in [0.15, 0.2) is 64.9 Å². The van der Waals surface area contributed by atoms with Crippen molar-refractivity contribution in [3.63, 3.8) is 0 Å². The SMILES string of the molecule is C/C(=N\NC(=O)c1ccc(CSc2nc(C)cc(C)n2)cc1)c1ccc(F)cc1. The van der Waals surface area contributed by atoms with Crippen LogP contribution in [0, 0.1) is 19.7 Å². The minimum absolute atomic E-state index is 0.302. The summed E-state index contributed by atoms with van der Waals surface area (Å²) in [5, 5.41) is 4.83. The van der Waals surface area contributed by atoms with E-state index in [9.17, 15) is 9.18 Å². The van der Waals surface area contributed by atoms with E-state index in [2.05, 4.69) is 20.5 Å². The van der Waals surface area contributed by atoms with Crippen molar-refractivity contribution in [2.45, 2.75) is 31.7 Å². The normalized spacial score (nSPS) is 11.4. The molecule has 0 aliphatic carbocycles. The summed E-state index contributed by atoms with van der Waals surface area (Å²) in [6.07, 6.45) is 0. The number of aromatic nitrogens is 2. The highest BCUT2D eigenvalue weighted by Crippen LogP contribution is 2.20.